The average molecular weight is 227 g/mol. The molecule has 15 heavy (non-hydrogen) atoms. The minimum Gasteiger partial charge on any atom is -0.389 e. The van der Waals surface area contributed by atoms with Gasteiger partial charge in [-0.15, -0.1) is 0 Å². The van der Waals surface area contributed by atoms with Crippen LogP contribution < -0.4 is 0 Å². The van der Waals surface area contributed by atoms with Crippen molar-refractivity contribution in [3.8, 4) is 0 Å². The lowest BCUT2D eigenvalue weighted by atomic mass is 10.1. The van der Waals surface area contributed by atoms with E-state index in [-0.39, 0.29) is 0 Å². The minimum absolute atomic E-state index is 0.537. The largest absolute Gasteiger partial charge is 0.389 e. The van der Waals surface area contributed by atoms with E-state index in [4.69, 9.17) is 11.6 Å². The quantitative estimate of drug-likeness (QED) is 0.852. The molecule has 0 aliphatic heterocycles. The van der Waals surface area contributed by atoms with Gasteiger partial charge >= 0.3 is 0 Å². The van der Waals surface area contributed by atoms with Crippen molar-refractivity contribution in [2.24, 2.45) is 0 Å². The zero-order valence-corrected chi connectivity index (χ0v) is 9.96. The molecule has 0 aliphatic rings. The molecule has 0 amide bonds. The van der Waals surface area contributed by atoms with E-state index in [0.717, 1.165) is 11.6 Å². The van der Waals surface area contributed by atoms with Gasteiger partial charge in [0.1, 0.15) is 0 Å². The summed E-state index contributed by atoms with van der Waals surface area (Å²) in [4.78, 5) is 2.02. The van der Waals surface area contributed by atoms with Gasteiger partial charge in [-0.25, -0.2) is 0 Å². The van der Waals surface area contributed by atoms with Gasteiger partial charge in [0, 0.05) is 18.1 Å². The van der Waals surface area contributed by atoms with E-state index in [9.17, 15) is 5.11 Å². The molecule has 0 unspecified atom stereocenters. The second-order valence-corrected chi connectivity index (χ2v) is 4.73. The van der Waals surface area contributed by atoms with Crippen molar-refractivity contribution in [2.75, 3.05) is 13.6 Å². The average Bonchev–Trinajstić information content (AvgIpc) is 2.05. The first-order valence-corrected chi connectivity index (χ1v) is 5.25. The monoisotopic (exact) mass is 226 g/mol. The third-order valence-electron chi connectivity index (χ3n) is 1.98. The van der Waals surface area contributed by atoms with Crippen LogP contribution in [0.15, 0.2) is 24.3 Å². The van der Waals surface area contributed by atoms with Crippen molar-refractivity contribution in [1.82, 2.24) is 4.90 Å². The summed E-state index contributed by atoms with van der Waals surface area (Å²) in [7, 11) is 1.95. The minimum atomic E-state index is -0.902. The summed E-state index contributed by atoms with van der Waals surface area (Å²) in [6.07, 6.45) is 0. The maximum absolute atomic E-state index is 9.54. The van der Waals surface area contributed by atoms with Crippen molar-refractivity contribution in [3.63, 3.8) is 0 Å². The summed E-state index contributed by atoms with van der Waals surface area (Å²) in [6.45, 7) is 6.68. The van der Waals surface area contributed by atoms with Crippen molar-refractivity contribution >= 4 is 11.6 Å². The van der Waals surface area contributed by atoms with Crippen LogP contribution in [-0.4, -0.2) is 29.2 Å². The predicted octanol–water partition coefficient (Wildman–Crippen LogP) is 2.36. The lowest BCUT2D eigenvalue weighted by Crippen LogP contribution is -2.36. The molecule has 0 saturated carbocycles. The summed E-state index contributed by atoms with van der Waals surface area (Å²) < 4.78 is 0. The number of hydrogen-bond donors (Lipinski definition) is 1. The molecule has 0 aromatic heterocycles. The highest BCUT2D eigenvalue weighted by Crippen LogP contribution is 2.12. The molecule has 1 radical (unpaired) electrons. The molecule has 2 nitrogen and oxygen atoms in total. The Morgan fingerprint density at radius 2 is 1.93 bits per heavy atom. The van der Waals surface area contributed by atoms with E-state index < -0.39 is 5.60 Å². The Bertz CT molecular complexity index is 302. The van der Waals surface area contributed by atoms with Gasteiger partial charge in [0.2, 0.25) is 0 Å². The molecule has 0 fully saturated rings. The molecule has 1 rings (SSSR count). The van der Waals surface area contributed by atoms with E-state index in [1.54, 1.807) is 6.92 Å². The molecular formula is C12H17ClNO. The summed E-state index contributed by atoms with van der Waals surface area (Å²) in [5.74, 6) is 0. The first kappa shape index (κ1) is 12.5. The van der Waals surface area contributed by atoms with Crippen LogP contribution >= 0.6 is 11.6 Å². The maximum Gasteiger partial charge on any atom is 0.0747 e. The highest BCUT2D eigenvalue weighted by atomic mass is 35.5. The molecule has 0 saturated heterocycles. The number of nitrogens with zero attached hydrogens (tertiary/aromatic N) is 1. The zero-order valence-electron chi connectivity index (χ0n) is 9.20. The molecule has 0 bridgehead atoms. The molecule has 1 aromatic carbocycles. The number of rotatable bonds is 4. The topological polar surface area (TPSA) is 23.5 Å². The lowest BCUT2D eigenvalue weighted by molar-refractivity contribution is 0.0664. The molecule has 0 aliphatic carbocycles. The number of aliphatic hydroxyl groups is 1. The Morgan fingerprint density at radius 3 is 2.40 bits per heavy atom. The van der Waals surface area contributed by atoms with Crippen LogP contribution in [0, 0.1) is 6.92 Å². The van der Waals surface area contributed by atoms with Gasteiger partial charge < -0.3 is 5.11 Å². The van der Waals surface area contributed by atoms with E-state index in [1.165, 1.54) is 5.56 Å². The van der Waals surface area contributed by atoms with Gasteiger partial charge in [-0.05, 0) is 38.6 Å². The van der Waals surface area contributed by atoms with Gasteiger partial charge in [0.05, 0.1) is 5.60 Å². The molecule has 0 heterocycles. The van der Waals surface area contributed by atoms with Crippen LogP contribution in [0.5, 0.6) is 0 Å². The van der Waals surface area contributed by atoms with Gasteiger partial charge in [0.25, 0.3) is 0 Å². The SMILES string of the molecule is [CH2][C@@](C)(O)CN(C)Cc1ccc(Cl)cc1. The van der Waals surface area contributed by atoms with E-state index in [0.29, 0.717) is 6.54 Å². The van der Waals surface area contributed by atoms with Gasteiger partial charge in [0.15, 0.2) is 0 Å². The van der Waals surface area contributed by atoms with Gasteiger partial charge in [-0.3, -0.25) is 4.90 Å². The molecule has 83 valence electrons. The van der Waals surface area contributed by atoms with Crippen LogP contribution in [-0.2, 0) is 6.54 Å². The van der Waals surface area contributed by atoms with Crippen LogP contribution in [0.1, 0.15) is 12.5 Å². The Kier molecular flexibility index (Phi) is 4.14. The predicted molar refractivity (Wildman–Crippen MR) is 63.8 cm³/mol. The molecular weight excluding hydrogens is 210 g/mol. The van der Waals surface area contributed by atoms with Crippen molar-refractivity contribution in [1.29, 1.82) is 0 Å². The van der Waals surface area contributed by atoms with E-state index in [1.807, 2.05) is 36.2 Å². The summed E-state index contributed by atoms with van der Waals surface area (Å²) in [5.41, 5.74) is 0.271. The van der Waals surface area contributed by atoms with Gasteiger partial charge in [-0.1, -0.05) is 23.7 Å². The number of hydrogen-bond acceptors (Lipinski definition) is 2. The van der Waals surface area contributed by atoms with E-state index in [2.05, 4.69) is 6.92 Å². The van der Waals surface area contributed by atoms with Crippen molar-refractivity contribution in [3.05, 3.63) is 41.8 Å². The van der Waals surface area contributed by atoms with Crippen molar-refractivity contribution in [2.45, 2.75) is 19.1 Å². The normalized spacial score (nSPS) is 12.1. The summed E-state index contributed by atoms with van der Waals surface area (Å²) in [6, 6.07) is 7.70. The number of likely N-dealkylation sites (N-methyl/N-ethyl adjacent to an activating group) is 1. The number of benzene rings is 1. The molecule has 0 spiro atoms. The Morgan fingerprint density at radius 1 is 1.40 bits per heavy atom. The first-order valence-electron chi connectivity index (χ1n) is 4.87. The zero-order chi connectivity index (χ0) is 11.5. The fraction of sp³-hybridized carbons (Fsp3) is 0.417. The first-order chi connectivity index (χ1) is 6.87. The highest BCUT2D eigenvalue weighted by molar-refractivity contribution is 6.30. The Labute approximate surface area is 96.5 Å². The second kappa shape index (κ2) is 4.97. The fourth-order valence-corrected chi connectivity index (χ4v) is 1.66. The molecule has 3 heteroatoms. The van der Waals surface area contributed by atoms with Crippen LogP contribution in [0.4, 0.5) is 0 Å². The molecule has 1 aromatic rings. The molecule has 1 N–H and O–H groups in total. The Hall–Kier alpha value is -0.570. The lowest BCUT2D eigenvalue weighted by Gasteiger charge is -2.25. The standard InChI is InChI=1S/C12H17ClNO/c1-12(2,15)9-14(3)8-10-4-6-11(13)7-5-10/h4-7,15H,1,8-9H2,2-3H3/t12-/m0/s1. The fourth-order valence-electron chi connectivity index (χ4n) is 1.54. The van der Waals surface area contributed by atoms with Gasteiger partial charge in [-0.2, -0.15) is 0 Å². The van der Waals surface area contributed by atoms with E-state index >= 15 is 0 Å². The van der Waals surface area contributed by atoms with Crippen LogP contribution in [0.3, 0.4) is 0 Å². The third kappa shape index (κ3) is 5.17. The van der Waals surface area contributed by atoms with Crippen molar-refractivity contribution < 1.29 is 5.11 Å². The highest BCUT2D eigenvalue weighted by Gasteiger charge is 2.15. The number of halogens is 1. The maximum atomic E-state index is 9.54. The Balaban J connectivity index is 2.51. The third-order valence-corrected chi connectivity index (χ3v) is 2.23. The smallest absolute Gasteiger partial charge is 0.0747 e. The van der Waals surface area contributed by atoms with Crippen LogP contribution in [0.25, 0.3) is 0 Å². The second-order valence-electron chi connectivity index (χ2n) is 4.30. The summed E-state index contributed by atoms with van der Waals surface area (Å²) in [5, 5.41) is 10.3. The van der Waals surface area contributed by atoms with Crippen LogP contribution in [0.2, 0.25) is 5.02 Å². The molecule has 1 atom stereocenters. The summed E-state index contributed by atoms with van der Waals surface area (Å²) >= 11 is 5.79.